The van der Waals surface area contributed by atoms with Crippen molar-refractivity contribution in [3.05, 3.63) is 57.2 Å². The molecule has 0 radical (unpaired) electrons. The van der Waals surface area contributed by atoms with E-state index < -0.39 is 0 Å². The largest absolute Gasteiger partial charge is 0.378 e. The second-order valence-corrected chi connectivity index (χ2v) is 4.66. The second-order valence-electron chi connectivity index (χ2n) is 3.85. The zero-order valence-electron chi connectivity index (χ0n) is 10.1. The number of aromatic nitrogens is 2. The number of nitrogens with zero attached hydrogens (tertiary/aromatic N) is 2. The van der Waals surface area contributed by atoms with E-state index in [-0.39, 0.29) is 5.56 Å². The van der Waals surface area contributed by atoms with Crippen LogP contribution in [0.3, 0.4) is 0 Å². The summed E-state index contributed by atoms with van der Waals surface area (Å²) in [5, 5.41) is 3.25. The van der Waals surface area contributed by atoms with Crippen molar-refractivity contribution in [2.24, 2.45) is 0 Å². The van der Waals surface area contributed by atoms with E-state index in [2.05, 4.69) is 26.2 Å². The molecule has 5 heteroatoms. The lowest BCUT2D eigenvalue weighted by molar-refractivity contribution is 0.727. The number of hydrogen-bond donors (Lipinski definition) is 1. The molecule has 1 N–H and O–H groups in total. The number of rotatable bonds is 4. The van der Waals surface area contributed by atoms with Gasteiger partial charge >= 0.3 is 0 Å². The Bertz CT molecular complexity index is 595. The summed E-state index contributed by atoms with van der Waals surface area (Å²) in [6, 6.07) is 9.14. The molecule has 2 rings (SSSR count). The maximum Gasteiger partial charge on any atom is 0.250 e. The van der Waals surface area contributed by atoms with E-state index in [1.807, 2.05) is 31.3 Å². The third kappa shape index (κ3) is 3.20. The Kier molecular flexibility index (Phi) is 4.15. The Morgan fingerprint density at radius 3 is 2.89 bits per heavy atom. The highest BCUT2D eigenvalue weighted by Gasteiger charge is 1.99. The molecule has 2 aromatic rings. The third-order valence-corrected chi connectivity index (χ3v) is 3.01. The van der Waals surface area contributed by atoms with Gasteiger partial charge in [0.2, 0.25) is 0 Å². The van der Waals surface area contributed by atoms with Crippen LogP contribution < -0.4 is 10.9 Å². The highest BCUT2D eigenvalue weighted by molar-refractivity contribution is 9.10. The molecule has 0 spiro atoms. The molecule has 94 valence electrons. The normalized spacial score (nSPS) is 10.3. The smallest absolute Gasteiger partial charge is 0.250 e. The van der Waals surface area contributed by atoms with Crippen LogP contribution in [-0.4, -0.2) is 9.55 Å². The van der Waals surface area contributed by atoms with Gasteiger partial charge in [-0.25, -0.2) is 4.98 Å². The van der Waals surface area contributed by atoms with Crippen molar-refractivity contribution in [3.63, 3.8) is 0 Å². The van der Waals surface area contributed by atoms with Gasteiger partial charge in [-0.1, -0.05) is 6.07 Å². The molecule has 18 heavy (non-hydrogen) atoms. The van der Waals surface area contributed by atoms with Gasteiger partial charge in [0.15, 0.2) is 0 Å². The number of aryl methyl sites for hydroxylation is 1. The topological polar surface area (TPSA) is 46.9 Å². The predicted octanol–water partition coefficient (Wildman–Crippen LogP) is 2.64. The van der Waals surface area contributed by atoms with Gasteiger partial charge < -0.3 is 9.88 Å². The van der Waals surface area contributed by atoms with Crippen molar-refractivity contribution in [1.29, 1.82) is 0 Å². The van der Waals surface area contributed by atoms with E-state index in [0.29, 0.717) is 13.1 Å². The maximum absolute atomic E-state index is 11.4. The first kappa shape index (κ1) is 12.8. The summed E-state index contributed by atoms with van der Waals surface area (Å²) in [6.45, 7) is 3.24. The van der Waals surface area contributed by atoms with Gasteiger partial charge in [0.25, 0.3) is 5.56 Å². The summed E-state index contributed by atoms with van der Waals surface area (Å²) in [7, 11) is 0. The van der Waals surface area contributed by atoms with Crippen LogP contribution >= 0.6 is 15.9 Å². The van der Waals surface area contributed by atoms with Gasteiger partial charge in [-0.2, -0.15) is 0 Å². The number of anilines is 1. The van der Waals surface area contributed by atoms with E-state index in [1.165, 1.54) is 0 Å². The molecule has 0 atom stereocenters. The molecule has 0 aliphatic rings. The van der Waals surface area contributed by atoms with Crippen LogP contribution in [0, 0.1) is 0 Å². The molecule has 0 bridgehead atoms. The molecule has 0 unspecified atom stereocenters. The van der Waals surface area contributed by atoms with Gasteiger partial charge in [-0.05, 0) is 41.1 Å². The molecule has 0 aliphatic heterocycles. The SMILES string of the molecule is CCn1cc(NCc2cccc(Br)n2)ccc1=O. The molecular weight excluding hydrogens is 294 g/mol. The predicted molar refractivity (Wildman–Crippen MR) is 75.6 cm³/mol. The van der Waals surface area contributed by atoms with E-state index in [1.54, 1.807) is 16.7 Å². The fraction of sp³-hybridized carbons (Fsp3) is 0.231. The number of hydrogen-bond acceptors (Lipinski definition) is 3. The van der Waals surface area contributed by atoms with Crippen LogP contribution in [0.1, 0.15) is 12.6 Å². The second kappa shape index (κ2) is 5.82. The minimum atomic E-state index is 0.0173. The lowest BCUT2D eigenvalue weighted by Crippen LogP contribution is -2.17. The molecule has 4 nitrogen and oxygen atoms in total. The highest BCUT2D eigenvalue weighted by atomic mass is 79.9. The summed E-state index contributed by atoms with van der Waals surface area (Å²) < 4.78 is 2.48. The summed E-state index contributed by atoms with van der Waals surface area (Å²) in [5.41, 5.74) is 1.88. The van der Waals surface area contributed by atoms with Crippen LogP contribution in [0.15, 0.2) is 45.9 Å². The third-order valence-electron chi connectivity index (χ3n) is 2.57. The van der Waals surface area contributed by atoms with E-state index in [4.69, 9.17) is 0 Å². The lowest BCUT2D eigenvalue weighted by Gasteiger charge is -2.08. The lowest BCUT2D eigenvalue weighted by atomic mass is 10.3. The summed E-state index contributed by atoms with van der Waals surface area (Å²) >= 11 is 3.34. The summed E-state index contributed by atoms with van der Waals surface area (Å²) in [4.78, 5) is 15.8. The van der Waals surface area contributed by atoms with Crippen LogP contribution in [0.2, 0.25) is 0 Å². The van der Waals surface area contributed by atoms with Crippen molar-refractivity contribution in [1.82, 2.24) is 9.55 Å². The number of nitrogens with one attached hydrogen (secondary N) is 1. The molecule has 0 saturated heterocycles. The minimum absolute atomic E-state index is 0.0173. The first-order valence-electron chi connectivity index (χ1n) is 5.75. The Labute approximate surface area is 114 Å². The Morgan fingerprint density at radius 1 is 1.33 bits per heavy atom. The molecule has 0 aromatic carbocycles. The van der Waals surface area contributed by atoms with Crippen LogP contribution in [-0.2, 0) is 13.1 Å². The first-order chi connectivity index (χ1) is 8.69. The van der Waals surface area contributed by atoms with Gasteiger partial charge in [0.05, 0.1) is 17.9 Å². The molecule has 0 fully saturated rings. The Hall–Kier alpha value is -1.62. The van der Waals surface area contributed by atoms with E-state index in [0.717, 1.165) is 16.0 Å². The minimum Gasteiger partial charge on any atom is -0.378 e. The molecule has 2 heterocycles. The van der Waals surface area contributed by atoms with Crippen LogP contribution in [0.25, 0.3) is 0 Å². The zero-order chi connectivity index (χ0) is 13.0. The Balaban J connectivity index is 2.08. The van der Waals surface area contributed by atoms with Crippen molar-refractivity contribution >= 4 is 21.6 Å². The molecule has 2 aromatic heterocycles. The van der Waals surface area contributed by atoms with Crippen molar-refractivity contribution < 1.29 is 0 Å². The van der Waals surface area contributed by atoms with Crippen molar-refractivity contribution in [2.75, 3.05) is 5.32 Å². The van der Waals surface area contributed by atoms with E-state index >= 15 is 0 Å². The fourth-order valence-corrected chi connectivity index (χ4v) is 2.00. The van der Waals surface area contributed by atoms with E-state index in [9.17, 15) is 4.79 Å². The standard InChI is InChI=1S/C13H14BrN3O/c1-2-17-9-11(6-7-13(17)18)15-8-10-4-3-5-12(14)16-10/h3-7,9,15H,2,8H2,1H3. The van der Waals surface area contributed by atoms with Gasteiger partial charge in [-0.3, -0.25) is 4.79 Å². The Morgan fingerprint density at radius 2 is 2.17 bits per heavy atom. The van der Waals surface area contributed by atoms with Crippen LogP contribution in [0.5, 0.6) is 0 Å². The molecule has 0 aliphatic carbocycles. The van der Waals surface area contributed by atoms with Crippen molar-refractivity contribution in [3.8, 4) is 0 Å². The molecule has 0 amide bonds. The van der Waals surface area contributed by atoms with Gasteiger partial charge in [0, 0.05) is 18.8 Å². The first-order valence-corrected chi connectivity index (χ1v) is 6.54. The fourth-order valence-electron chi connectivity index (χ4n) is 1.62. The molecule has 0 saturated carbocycles. The maximum atomic E-state index is 11.4. The van der Waals surface area contributed by atoms with Crippen molar-refractivity contribution in [2.45, 2.75) is 20.0 Å². The summed E-state index contributed by atoms with van der Waals surface area (Å²) in [5.74, 6) is 0. The number of pyridine rings is 2. The average Bonchev–Trinajstić information content (AvgIpc) is 2.38. The zero-order valence-corrected chi connectivity index (χ0v) is 11.6. The quantitative estimate of drug-likeness (QED) is 0.883. The highest BCUT2D eigenvalue weighted by Crippen LogP contribution is 2.09. The van der Waals surface area contributed by atoms with Crippen LogP contribution in [0.4, 0.5) is 5.69 Å². The average molecular weight is 308 g/mol. The number of halogens is 1. The monoisotopic (exact) mass is 307 g/mol. The van der Waals surface area contributed by atoms with Gasteiger partial charge in [-0.15, -0.1) is 0 Å². The summed E-state index contributed by atoms with van der Waals surface area (Å²) in [6.07, 6.45) is 1.82. The van der Waals surface area contributed by atoms with Gasteiger partial charge in [0.1, 0.15) is 4.60 Å². The molecular formula is C13H14BrN3O.